The molecule has 0 aliphatic rings. The van der Waals surface area contributed by atoms with Crippen molar-refractivity contribution in [3.8, 4) is 0 Å². The molecule has 0 heterocycles. The number of carboxylic acid groups (broad SMARTS) is 1. The highest BCUT2D eigenvalue weighted by Crippen LogP contribution is 2.35. The third-order valence-corrected chi connectivity index (χ3v) is 15.4. The van der Waals surface area contributed by atoms with E-state index in [0.717, 1.165) is 12.2 Å². The van der Waals surface area contributed by atoms with Crippen molar-refractivity contribution in [3.63, 3.8) is 0 Å². The Kier molecular flexibility index (Phi) is 26.1. The minimum absolute atomic E-state index is 0.346. The molecule has 43 heavy (non-hydrogen) atoms. The van der Waals surface area contributed by atoms with E-state index in [1.807, 2.05) is 12.1 Å². The van der Waals surface area contributed by atoms with E-state index in [2.05, 4.69) is 26.1 Å². The molecule has 1 rings (SSSR count). The van der Waals surface area contributed by atoms with E-state index in [4.69, 9.17) is 5.11 Å². The van der Waals surface area contributed by atoms with Gasteiger partial charge in [0.2, 0.25) is 0 Å². The van der Waals surface area contributed by atoms with Crippen LogP contribution in [0, 0.1) is 0 Å². The van der Waals surface area contributed by atoms with Gasteiger partial charge in [0, 0.05) is 12.2 Å². The van der Waals surface area contributed by atoms with Crippen LogP contribution < -0.4 is 5.32 Å². The van der Waals surface area contributed by atoms with Crippen LogP contribution in [0.25, 0.3) is 0 Å². The number of rotatable bonds is 32. The largest absolute Gasteiger partial charge is 0.478 e. The van der Waals surface area contributed by atoms with Gasteiger partial charge in [0.25, 0.3) is 0 Å². The Morgan fingerprint density at radius 1 is 0.512 bits per heavy atom. The van der Waals surface area contributed by atoms with E-state index in [0.29, 0.717) is 5.56 Å². The van der Waals surface area contributed by atoms with E-state index < -0.39 is 14.0 Å². The molecule has 0 aliphatic carbocycles. The van der Waals surface area contributed by atoms with Gasteiger partial charge in [0.05, 0.1) is 13.6 Å². The van der Waals surface area contributed by atoms with Crippen molar-refractivity contribution in [2.24, 2.45) is 0 Å². The highest BCUT2D eigenvalue weighted by Gasteiger charge is 2.30. The molecule has 0 spiro atoms. The fourth-order valence-corrected chi connectivity index (χ4v) is 12.4. The summed E-state index contributed by atoms with van der Waals surface area (Å²) in [5.74, 6) is -0.866. The average Bonchev–Trinajstić information content (AvgIpc) is 3.01. The summed E-state index contributed by atoms with van der Waals surface area (Å²) in [4.78, 5) is 10.9. The zero-order chi connectivity index (χ0) is 31.3. The number of anilines is 1. The van der Waals surface area contributed by atoms with Crippen LogP contribution in [0.3, 0.4) is 0 Å². The first-order valence-electron chi connectivity index (χ1n) is 19.1. The second-order valence-corrected chi connectivity index (χ2v) is 18.7. The fraction of sp³-hybridized carbons (Fsp3) is 0.821. The minimum Gasteiger partial charge on any atom is -0.478 e. The topological polar surface area (TPSA) is 49.3 Å². The molecule has 0 saturated carbocycles. The molecule has 0 aliphatic heterocycles. The Balaban J connectivity index is 2.15. The predicted octanol–water partition coefficient (Wildman–Crippen LogP) is 13.7. The number of carboxylic acids is 1. The first kappa shape index (κ1) is 39.7. The Labute approximate surface area is 269 Å². The van der Waals surface area contributed by atoms with Crippen LogP contribution in [0.2, 0.25) is 24.2 Å². The van der Waals surface area contributed by atoms with Crippen molar-refractivity contribution in [3.05, 3.63) is 29.8 Å². The maximum Gasteiger partial charge on any atom is 0.335 e. The highest BCUT2D eigenvalue weighted by atomic mass is 28.3. The van der Waals surface area contributed by atoms with Crippen LogP contribution in [0.1, 0.15) is 185 Å². The molecule has 1 aromatic carbocycles. The zero-order valence-electron chi connectivity index (χ0n) is 29.2. The van der Waals surface area contributed by atoms with E-state index >= 15 is 0 Å². The number of unbranched alkanes of at least 4 members (excludes halogenated alkanes) is 20. The van der Waals surface area contributed by atoms with Crippen molar-refractivity contribution < 1.29 is 9.90 Å². The third kappa shape index (κ3) is 22.0. The molecule has 3 nitrogen and oxygen atoms in total. The Morgan fingerprint density at radius 3 is 1.19 bits per heavy atom. The maximum atomic E-state index is 10.9. The summed E-state index contributed by atoms with van der Waals surface area (Å²) in [5.41, 5.74) is 1.36. The molecule has 0 radical (unpaired) electrons. The third-order valence-electron chi connectivity index (χ3n) is 9.78. The van der Waals surface area contributed by atoms with E-state index in [1.54, 1.807) is 36.3 Å². The number of nitrogens with one attached hydrogen (secondary N) is 1. The molecule has 0 atom stereocenters. The summed E-state index contributed by atoms with van der Waals surface area (Å²) in [5, 5.41) is 12.4. The molecule has 0 bridgehead atoms. The zero-order valence-corrected chi connectivity index (χ0v) is 30.2. The number of hydrogen-bond donors (Lipinski definition) is 2. The molecule has 1 aromatic rings. The van der Waals surface area contributed by atoms with Crippen LogP contribution >= 0.6 is 0 Å². The van der Waals surface area contributed by atoms with Crippen molar-refractivity contribution in [1.29, 1.82) is 0 Å². The normalized spacial score (nSPS) is 11.7. The molecule has 0 fully saturated rings. The smallest absolute Gasteiger partial charge is 0.335 e. The molecule has 4 heteroatoms. The number of hydrogen-bond acceptors (Lipinski definition) is 2. The second-order valence-electron chi connectivity index (χ2n) is 13.7. The maximum absolute atomic E-state index is 10.9. The Bertz CT molecular complexity index is 719. The van der Waals surface area contributed by atoms with Crippen molar-refractivity contribution >= 4 is 19.7 Å². The van der Waals surface area contributed by atoms with E-state index in [-0.39, 0.29) is 0 Å². The van der Waals surface area contributed by atoms with Gasteiger partial charge in [-0.05, 0) is 30.7 Å². The Hall–Kier alpha value is -1.29. The molecule has 250 valence electrons. The van der Waals surface area contributed by atoms with Crippen LogP contribution in [0.5, 0.6) is 0 Å². The standard InChI is InChI=1S/C39H73NO2Si/c1-4-7-10-24-33-43(34-25-11-8-5-2,35-26-12-9-6-3)36-27-22-20-18-16-14-13-15-17-19-21-23-32-40-38-30-28-37(29-31-38)39(41)42/h28-31,40H,4-27,32-36H2,1-3H3,(H,41,42). The summed E-state index contributed by atoms with van der Waals surface area (Å²) in [6, 6.07) is 13.6. The van der Waals surface area contributed by atoms with Gasteiger partial charge in [-0.15, -0.1) is 0 Å². The van der Waals surface area contributed by atoms with Crippen LogP contribution in [0.15, 0.2) is 24.3 Å². The lowest BCUT2D eigenvalue weighted by Crippen LogP contribution is -2.34. The van der Waals surface area contributed by atoms with Gasteiger partial charge in [-0.1, -0.05) is 193 Å². The van der Waals surface area contributed by atoms with Crippen LogP contribution in [0.4, 0.5) is 5.69 Å². The number of carbonyl (C=O) groups is 1. The monoisotopic (exact) mass is 616 g/mol. The average molecular weight is 616 g/mol. The van der Waals surface area contributed by atoms with Crippen molar-refractivity contribution in [2.45, 2.75) is 199 Å². The summed E-state index contributed by atoms with van der Waals surface area (Å²) < 4.78 is 0. The van der Waals surface area contributed by atoms with Crippen LogP contribution in [-0.2, 0) is 0 Å². The second kappa shape index (κ2) is 28.2. The minimum atomic E-state index is -1.09. The summed E-state index contributed by atoms with van der Waals surface area (Å²) in [6.45, 7) is 8.04. The van der Waals surface area contributed by atoms with Crippen molar-refractivity contribution in [1.82, 2.24) is 0 Å². The molecular formula is C39H73NO2Si. The molecule has 0 amide bonds. The van der Waals surface area contributed by atoms with Gasteiger partial charge in [-0.25, -0.2) is 4.79 Å². The molecule has 2 N–H and O–H groups in total. The molecule has 0 saturated heterocycles. The van der Waals surface area contributed by atoms with Crippen molar-refractivity contribution in [2.75, 3.05) is 11.9 Å². The quantitative estimate of drug-likeness (QED) is 0.0626. The van der Waals surface area contributed by atoms with Gasteiger partial charge in [0.15, 0.2) is 0 Å². The SMILES string of the molecule is CCCCCC[Si](CCCCCC)(CCCCCC)CCCCCCCCCCCCCCNc1ccc(C(=O)O)cc1. The summed E-state index contributed by atoms with van der Waals surface area (Å²) in [6.07, 6.45) is 34.3. The van der Waals surface area contributed by atoms with E-state index in [9.17, 15) is 4.79 Å². The van der Waals surface area contributed by atoms with Crippen LogP contribution in [-0.4, -0.2) is 25.7 Å². The molecule has 0 unspecified atom stereocenters. The molecule has 0 aromatic heterocycles. The lowest BCUT2D eigenvalue weighted by Gasteiger charge is -2.33. The van der Waals surface area contributed by atoms with Gasteiger partial charge in [0.1, 0.15) is 0 Å². The lowest BCUT2D eigenvalue weighted by atomic mass is 10.1. The summed E-state index contributed by atoms with van der Waals surface area (Å²) >= 11 is 0. The highest BCUT2D eigenvalue weighted by molar-refractivity contribution is 6.79. The van der Waals surface area contributed by atoms with Gasteiger partial charge >= 0.3 is 5.97 Å². The fourth-order valence-electron chi connectivity index (χ4n) is 6.89. The van der Waals surface area contributed by atoms with Gasteiger partial charge in [-0.3, -0.25) is 0 Å². The van der Waals surface area contributed by atoms with E-state index in [1.165, 1.54) is 154 Å². The van der Waals surface area contributed by atoms with Gasteiger partial charge in [-0.2, -0.15) is 0 Å². The summed E-state index contributed by atoms with van der Waals surface area (Å²) in [7, 11) is -1.09. The van der Waals surface area contributed by atoms with Gasteiger partial charge < -0.3 is 10.4 Å². The Morgan fingerprint density at radius 2 is 0.837 bits per heavy atom. The number of aromatic carboxylic acids is 1. The molecular weight excluding hydrogens is 543 g/mol. The predicted molar refractivity (Wildman–Crippen MR) is 195 cm³/mol. The first-order valence-corrected chi connectivity index (χ1v) is 22.0. The first-order chi connectivity index (χ1) is 21.1. The lowest BCUT2D eigenvalue weighted by molar-refractivity contribution is 0.0697. The number of benzene rings is 1.